The number of hydrogen-bond acceptors (Lipinski definition) is 3. The lowest BCUT2D eigenvalue weighted by atomic mass is 10.2. The molecule has 88 valence electrons. The molecular formula is C10H14BrN3O2. The number of methoxy groups -OCH3 is 1. The number of carbonyl (C=O) groups is 1. The van der Waals surface area contributed by atoms with Gasteiger partial charge in [0.05, 0.1) is 11.6 Å². The lowest BCUT2D eigenvalue weighted by Gasteiger charge is -2.16. The molecule has 1 rings (SSSR count). The summed E-state index contributed by atoms with van der Waals surface area (Å²) in [4.78, 5) is 12.7. The largest absolute Gasteiger partial charge is 0.496 e. The van der Waals surface area contributed by atoms with Crippen LogP contribution >= 0.6 is 15.9 Å². The van der Waals surface area contributed by atoms with Gasteiger partial charge in [0.15, 0.2) is 0 Å². The summed E-state index contributed by atoms with van der Waals surface area (Å²) in [6.07, 6.45) is 0. The summed E-state index contributed by atoms with van der Waals surface area (Å²) in [7, 11) is 3.27. The molecule has 5 nitrogen and oxygen atoms in total. The molecule has 0 fully saturated rings. The van der Waals surface area contributed by atoms with Gasteiger partial charge in [-0.15, -0.1) is 0 Å². The Morgan fingerprint density at radius 2 is 2.31 bits per heavy atom. The smallest absolute Gasteiger partial charge is 0.331 e. The first kappa shape index (κ1) is 12.8. The third kappa shape index (κ3) is 3.11. The van der Waals surface area contributed by atoms with Crippen LogP contribution in [0.25, 0.3) is 0 Å². The van der Waals surface area contributed by atoms with Crippen molar-refractivity contribution in [2.45, 2.75) is 6.54 Å². The molecule has 0 aliphatic heterocycles. The third-order valence-electron chi connectivity index (χ3n) is 2.11. The molecule has 1 aromatic carbocycles. The Kier molecular flexibility index (Phi) is 4.57. The van der Waals surface area contributed by atoms with Crippen molar-refractivity contribution in [2.24, 2.45) is 5.84 Å². The van der Waals surface area contributed by atoms with Crippen LogP contribution in [0.15, 0.2) is 22.7 Å². The zero-order valence-corrected chi connectivity index (χ0v) is 10.7. The Morgan fingerprint density at radius 1 is 1.62 bits per heavy atom. The van der Waals surface area contributed by atoms with Crippen LogP contribution in [0.2, 0.25) is 0 Å². The van der Waals surface area contributed by atoms with Crippen molar-refractivity contribution in [2.75, 3.05) is 14.2 Å². The zero-order valence-electron chi connectivity index (χ0n) is 9.16. The standard InChI is InChI=1S/C10H14BrN3O2/c1-14(10(15)13-12)6-7-3-4-9(16-2)8(11)5-7/h3-5H,6,12H2,1-2H3,(H,13,15). The summed E-state index contributed by atoms with van der Waals surface area (Å²) in [6, 6.07) is 5.31. The van der Waals surface area contributed by atoms with Gasteiger partial charge in [-0.2, -0.15) is 0 Å². The normalized spacial score (nSPS) is 9.75. The minimum absolute atomic E-state index is 0.327. The molecule has 0 radical (unpaired) electrons. The first-order valence-electron chi connectivity index (χ1n) is 4.62. The lowest BCUT2D eigenvalue weighted by molar-refractivity contribution is 0.207. The van der Waals surface area contributed by atoms with Crippen LogP contribution in [0.5, 0.6) is 5.75 Å². The fraction of sp³-hybridized carbons (Fsp3) is 0.300. The predicted molar refractivity (Wildman–Crippen MR) is 64.9 cm³/mol. The summed E-state index contributed by atoms with van der Waals surface area (Å²) in [6.45, 7) is 0.478. The van der Waals surface area contributed by atoms with Gasteiger partial charge < -0.3 is 9.64 Å². The van der Waals surface area contributed by atoms with E-state index in [0.717, 1.165) is 15.8 Å². The molecule has 0 aliphatic carbocycles. The molecule has 0 heterocycles. The van der Waals surface area contributed by atoms with E-state index in [4.69, 9.17) is 10.6 Å². The van der Waals surface area contributed by atoms with E-state index < -0.39 is 0 Å². The highest BCUT2D eigenvalue weighted by atomic mass is 79.9. The van der Waals surface area contributed by atoms with Crippen molar-refractivity contribution in [3.63, 3.8) is 0 Å². The summed E-state index contributed by atoms with van der Waals surface area (Å²) in [5.41, 5.74) is 3.06. The topological polar surface area (TPSA) is 67.6 Å². The number of carbonyl (C=O) groups excluding carboxylic acids is 1. The van der Waals surface area contributed by atoms with Gasteiger partial charge in [0.1, 0.15) is 5.75 Å². The van der Waals surface area contributed by atoms with E-state index in [1.54, 1.807) is 14.2 Å². The molecule has 0 saturated heterocycles. The number of rotatable bonds is 3. The van der Waals surface area contributed by atoms with E-state index in [0.29, 0.717) is 6.54 Å². The molecule has 3 N–H and O–H groups in total. The van der Waals surface area contributed by atoms with E-state index >= 15 is 0 Å². The number of nitrogens with zero attached hydrogens (tertiary/aromatic N) is 1. The van der Waals surface area contributed by atoms with Gasteiger partial charge in [-0.25, -0.2) is 10.6 Å². The first-order chi connectivity index (χ1) is 7.58. The minimum atomic E-state index is -0.327. The second-order valence-corrected chi connectivity index (χ2v) is 4.13. The monoisotopic (exact) mass is 287 g/mol. The van der Waals surface area contributed by atoms with E-state index in [1.165, 1.54) is 4.90 Å². The van der Waals surface area contributed by atoms with Crippen molar-refractivity contribution in [1.29, 1.82) is 0 Å². The van der Waals surface area contributed by atoms with E-state index in [-0.39, 0.29) is 6.03 Å². The molecule has 0 unspecified atom stereocenters. The van der Waals surface area contributed by atoms with Gasteiger partial charge in [-0.05, 0) is 33.6 Å². The highest BCUT2D eigenvalue weighted by molar-refractivity contribution is 9.10. The molecule has 0 aliphatic rings. The average Bonchev–Trinajstić information content (AvgIpc) is 2.28. The molecule has 0 spiro atoms. The van der Waals surface area contributed by atoms with Gasteiger partial charge in [-0.1, -0.05) is 6.07 Å². The zero-order chi connectivity index (χ0) is 12.1. The first-order valence-corrected chi connectivity index (χ1v) is 5.42. The second kappa shape index (κ2) is 5.72. The molecule has 0 saturated carbocycles. The Bertz CT molecular complexity index is 384. The van der Waals surface area contributed by atoms with Gasteiger partial charge >= 0.3 is 6.03 Å². The molecule has 0 aromatic heterocycles. The molecule has 2 amide bonds. The van der Waals surface area contributed by atoms with E-state index in [9.17, 15) is 4.79 Å². The fourth-order valence-corrected chi connectivity index (χ4v) is 1.85. The van der Waals surface area contributed by atoms with Crippen LogP contribution in [0.3, 0.4) is 0 Å². The maximum atomic E-state index is 11.2. The van der Waals surface area contributed by atoms with Gasteiger partial charge in [0.25, 0.3) is 0 Å². The molecule has 1 aromatic rings. The lowest BCUT2D eigenvalue weighted by Crippen LogP contribution is -2.40. The Labute approximate surface area is 103 Å². The summed E-state index contributed by atoms with van der Waals surface area (Å²) < 4.78 is 5.97. The summed E-state index contributed by atoms with van der Waals surface area (Å²) in [5, 5.41) is 0. The highest BCUT2D eigenvalue weighted by Gasteiger charge is 2.08. The summed E-state index contributed by atoms with van der Waals surface area (Å²) in [5.74, 6) is 5.79. The average molecular weight is 288 g/mol. The van der Waals surface area contributed by atoms with Crippen LogP contribution in [0, 0.1) is 0 Å². The Morgan fingerprint density at radius 3 is 2.81 bits per heavy atom. The van der Waals surface area contributed by atoms with Crippen LogP contribution in [0.4, 0.5) is 4.79 Å². The number of nitrogens with two attached hydrogens (primary N) is 1. The van der Waals surface area contributed by atoms with E-state index in [1.807, 2.05) is 18.2 Å². The number of amides is 2. The fourth-order valence-electron chi connectivity index (χ4n) is 1.26. The highest BCUT2D eigenvalue weighted by Crippen LogP contribution is 2.25. The number of benzene rings is 1. The van der Waals surface area contributed by atoms with Crippen LogP contribution in [-0.4, -0.2) is 25.1 Å². The summed E-state index contributed by atoms with van der Waals surface area (Å²) >= 11 is 3.38. The third-order valence-corrected chi connectivity index (χ3v) is 2.73. The molecular weight excluding hydrogens is 274 g/mol. The maximum Gasteiger partial charge on any atom is 0.331 e. The predicted octanol–water partition coefficient (Wildman–Crippen LogP) is 1.47. The van der Waals surface area contributed by atoms with Crippen molar-refractivity contribution in [1.82, 2.24) is 10.3 Å². The Hall–Kier alpha value is -1.27. The quantitative estimate of drug-likeness (QED) is 0.503. The maximum absolute atomic E-state index is 11.2. The van der Waals surface area contributed by atoms with Crippen molar-refractivity contribution in [3.05, 3.63) is 28.2 Å². The van der Waals surface area contributed by atoms with Crippen LogP contribution in [0.1, 0.15) is 5.56 Å². The SMILES string of the molecule is COc1ccc(CN(C)C(=O)NN)cc1Br. The number of urea groups is 1. The van der Waals surface area contributed by atoms with Gasteiger partial charge in [-0.3, -0.25) is 5.43 Å². The number of halogens is 1. The van der Waals surface area contributed by atoms with Crippen LogP contribution in [-0.2, 0) is 6.54 Å². The van der Waals surface area contributed by atoms with E-state index in [2.05, 4.69) is 21.4 Å². The van der Waals surface area contributed by atoms with Crippen LogP contribution < -0.4 is 16.0 Å². The Balaban J connectivity index is 2.75. The number of hydrazine groups is 1. The molecule has 0 atom stereocenters. The molecule has 0 bridgehead atoms. The number of hydrogen-bond donors (Lipinski definition) is 2. The molecule has 16 heavy (non-hydrogen) atoms. The molecule has 6 heteroatoms. The van der Waals surface area contributed by atoms with Gasteiger partial charge in [0.2, 0.25) is 0 Å². The van der Waals surface area contributed by atoms with Crippen molar-refractivity contribution < 1.29 is 9.53 Å². The second-order valence-electron chi connectivity index (χ2n) is 3.27. The number of ether oxygens (including phenoxy) is 1. The van der Waals surface area contributed by atoms with Crippen molar-refractivity contribution in [3.8, 4) is 5.75 Å². The van der Waals surface area contributed by atoms with Gasteiger partial charge in [0, 0.05) is 13.6 Å². The minimum Gasteiger partial charge on any atom is -0.496 e. The number of nitrogens with one attached hydrogen (secondary N) is 1. The van der Waals surface area contributed by atoms with Crippen molar-refractivity contribution >= 4 is 22.0 Å².